The Morgan fingerprint density at radius 2 is 2.33 bits per heavy atom. The topological polar surface area (TPSA) is 41.5 Å². The molecule has 0 saturated carbocycles. The molecular weight excluding hydrogens is 265 g/mol. The summed E-state index contributed by atoms with van der Waals surface area (Å²) >= 11 is 3.17. The Hall–Kier alpha value is -0.650. The molecule has 5 heteroatoms. The van der Waals surface area contributed by atoms with E-state index >= 15 is 0 Å². The second kappa shape index (κ2) is 4.47. The lowest BCUT2D eigenvalue weighted by Crippen LogP contribution is -2.33. The van der Waals surface area contributed by atoms with Gasteiger partial charge >= 0.3 is 0 Å². The van der Waals surface area contributed by atoms with Crippen molar-refractivity contribution in [2.75, 3.05) is 19.7 Å². The van der Waals surface area contributed by atoms with E-state index < -0.39 is 0 Å². The highest BCUT2D eigenvalue weighted by Gasteiger charge is 2.23. The summed E-state index contributed by atoms with van der Waals surface area (Å²) in [6.07, 6.45) is -0.347. The van der Waals surface area contributed by atoms with Crippen molar-refractivity contribution in [1.82, 2.24) is 5.32 Å². The van der Waals surface area contributed by atoms with Crippen LogP contribution in [0.4, 0.5) is 4.39 Å². The number of benzene rings is 1. The Morgan fingerprint density at radius 3 is 3.00 bits per heavy atom. The quantitative estimate of drug-likeness (QED) is 0.823. The van der Waals surface area contributed by atoms with Crippen LogP contribution in [0.15, 0.2) is 16.6 Å². The summed E-state index contributed by atoms with van der Waals surface area (Å²) in [5.74, 6) is -0.339. The van der Waals surface area contributed by atoms with Gasteiger partial charge in [-0.1, -0.05) is 0 Å². The number of ether oxygens (including phenoxy) is 1. The van der Waals surface area contributed by atoms with Gasteiger partial charge in [-0.25, -0.2) is 4.39 Å². The third-order valence-corrected chi connectivity index (χ3v) is 3.19. The smallest absolute Gasteiger partial charge is 0.130 e. The minimum absolute atomic E-state index is 0.0283. The Morgan fingerprint density at radius 1 is 1.53 bits per heavy atom. The zero-order valence-corrected chi connectivity index (χ0v) is 9.55. The van der Waals surface area contributed by atoms with Crippen LogP contribution in [0.2, 0.25) is 0 Å². The van der Waals surface area contributed by atoms with Gasteiger partial charge in [0.25, 0.3) is 0 Å². The lowest BCUT2D eigenvalue weighted by molar-refractivity contribution is 0.0249. The monoisotopic (exact) mass is 275 g/mol. The number of phenolic OH excluding ortho intramolecular Hbond substituents is 1. The van der Waals surface area contributed by atoms with Gasteiger partial charge in [-0.2, -0.15) is 0 Å². The maximum atomic E-state index is 13.6. The van der Waals surface area contributed by atoms with Gasteiger partial charge in [-0.05, 0) is 28.1 Å². The van der Waals surface area contributed by atoms with Crippen LogP contribution in [0.5, 0.6) is 5.75 Å². The van der Waals surface area contributed by atoms with Gasteiger partial charge in [-0.15, -0.1) is 0 Å². The predicted octanol–water partition coefficient (Wildman–Crippen LogP) is 1.95. The van der Waals surface area contributed by atoms with E-state index in [9.17, 15) is 9.50 Å². The molecule has 0 spiro atoms. The summed E-state index contributed by atoms with van der Waals surface area (Å²) in [6, 6.07) is 2.56. The molecule has 1 saturated heterocycles. The van der Waals surface area contributed by atoms with E-state index in [1.165, 1.54) is 12.1 Å². The first kappa shape index (κ1) is 10.9. The van der Waals surface area contributed by atoms with Crippen LogP contribution < -0.4 is 5.32 Å². The number of nitrogens with one attached hydrogen (secondary N) is 1. The number of halogens is 2. The molecule has 15 heavy (non-hydrogen) atoms. The standard InChI is InChI=1S/C10H11BrFNO2/c11-10-7(14)2-1-6(12)9(10)8-5-13-3-4-15-8/h1-2,8,13-14H,3-5H2. The number of morpholine rings is 1. The first-order valence-electron chi connectivity index (χ1n) is 4.69. The molecule has 82 valence electrons. The van der Waals surface area contributed by atoms with Crippen molar-refractivity contribution in [3.63, 3.8) is 0 Å². The fourth-order valence-corrected chi connectivity index (χ4v) is 2.18. The lowest BCUT2D eigenvalue weighted by Gasteiger charge is -2.25. The highest BCUT2D eigenvalue weighted by Crippen LogP contribution is 2.35. The molecule has 2 N–H and O–H groups in total. The Kier molecular flexibility index (Phi) is 3.23. The molecule has 1 fully saturated rings. The molecule has 1 aromatic rings. The largest absolute Gasteiger partial charge is 0.507 e. The zero-order valence-electron chi connectivity index (χ0n) is 7.96. The van der Waals surface area contributed by atoms with E-state index in [1.807, 2.05) is 0 Å². The average molecular weight is 276 g/mol. The maximum Gasteiger partial charge on any atom is 0.130 e. The van der Waals surface area contributed by atoms with E-state index in [0.717, 1.165) is 6.54 Å². The fourth-order valence-electron chi connectivity index (χ4n) is 1.60. The highest BCUT2D eigenvalue weighted by atomic mass is 79.9. The molecule has 0 aliphatic carbocycles. The van der Waals surface area contributed by atoms with Crippen molar-refractivity contribution >= 4 is 15.9 Å². The first-order valence-corrected chi connectivity index (χ1v) is 5.48. The minimum atomic E-state index is -0.367. The summed E-state index contributed by atoms with van der Waals surface area (Å²) in [5.41, 5.74) is 0.377. The van der Waals surface area contributed by atoms with Crippen LogP contribution in [-0.2, 0) is 4.74 Å². The Balaban J connectivity index is 2.36. The van der Waals surface area contributed by atoms with Crippen molar-refractivity contribution in [2.45, 2.75) is 6.10 Å². The van der Waals surface area contributed by atoms with Crippen LogP contribution in [-0.4, -0.2) is 24.8 Å². The number of aromatic hydroxyl groups is 1. The number of rotatable bonds is 1. The van der Waals surface area contributed by atoms with Crippen LogP contribution in [0.3, 0.4) is 0 Å². The molecule has 2 rings (SSSR count). The molecule has 0 bridgehead atoms. The molecule has 1 aliphatic heterocycles. The van der Waals surface area contributed by atoms with Gasteiger partial charge in [0, 0.05) is 18.7 Å². The fraction of sp³-hybridized carbons (Fsp3) is 0.400. The summed E-state index contributed by atoms with van der Waals surface area (Å²) in [5, 5.41) is 12.6. The van der Waals surface area contributed by atoms with Crippen LogP contribution in [0, 0.1) is 5.82 Å². The number of hydrogen-bond donors (Lipinski definition) is 2. The van der Waals surface area contributed by atoms with Crippen LogP contribution >= 0.6 is 15.9 Å². The summed E-state index contributed by atoms with van der Waals surface area (Å²) in [7, 11) is 0. The molecule has 1 heterocycles. The molecular formula is C10H11BrFNO2. The van der Waals surface area contributed by atoms with Crippen molar-refractivity contribution in [2.24, 2.45) is 0 Å². The normalized spacial score (nSPS) is 21.6. The third kappa shape index (κ3) is 2.14. The summed E-state index contributed by atoms with van der Waals surface area (Å²) < 4.78 is 19.4. The average Bonchev–Trinajstić information content (AvgIpc) is 2.26. The molecule has 1 aliphatic rings. The van der Waals surface area contributed by atoms with Gasteiger partial charge in [0.1, 0.15) is 11.6 Å². The third-order valence-electron chi connectivity index (χ3n) is 2.36. The van der Waals surface area contributed by atoms with E-state index in [2.05, 4.69) is 21.2 Å². The van der Waals surface area contributed by atoms with Crippen molar-refractivity contribution in [3.8, 4) is 5.75 Å². The molecule has 1 unspecified atom stereocenters. The predicted molar refractivity (Wildman–Crippen MR) is 57.3 cm³/mol. The van der Waals surface area contributed by atoms with Crippen LogP contribution in [0.1, 0.15) is 11.7 Å². The van der Waals surface area contributed by atoms with Crippen LogP contribution in [0.25, 0.3) is 0 Å². The minimum Gasteiger partial charge on any atom is -0.507 e. The van der Waals surface area contributed by atoms with Gasteiger partial charge in [0.15, 0.2) is 0 Å². The van der Waals surface area contributed by atoms with Gasteiger partial charge in [-0.3, -0.25) is 0 Å². The molecule has 0 radical (unpaired) electrons. The number of hydrogen-bond acceptors (Lipinski definition) is 3. The second-order valence-electron chi connectivity index (χ2n) is 3.36. The van der Waals surface area contributed by atoms with Crippen molar-refractivity contribution < 1.29 is 14.2 Å². The summed E-state index contributed by atoms with van der Waals surface area (Å²) in [4.78, 5) is 0. The second-order valence-corrected chi connectivity index (χ2v) is 4.15. The van der Waals surface area contributed by atoms with Crippen molar-refractivity contribution in [3.05, 3.63) is 28.0 Å². The first-order chi connectivity index (χ1) is 7.20. The van der Waals surface area contributed by atoms with Gasteiger partial charge < -0.3 is 15.2 Å². The Labute approximate surface area is 95.4 Å². The van der Waals surface area contributed by atoms with E-state index in [4.69, 9.17) is 4.74 Å². The zero-order chi connectivity index (χ0) is 10.8. The summed E-state index contributed by atoms with van der Waals surface area (Å²) in [6.45, 7) is 1.87. The molecule has 0 aromatic heterocycles. The highest BCUT2D eigenvalue weighted by molar-refractivity contribution is 9.10. The molecule has 1 atom stereocenters. The molecule has 1 aromatic carbocycles. The van der Waals surface area contributed by atoms with E-state index in [0.29, 0.717) is 23.2 Å². The number of phenols is 1. The van der Waals surface area contributed by atoms with Gasteiger partial charge in [0.05, 0.1) is 17.2 Å². The SMILES string of the molecule is Oc1ccc(F)c(C2CNCCO2)c1Br. The lowest BCUT2D eigenvalue weighted by atomic mass is 10.1. The molecule has 0 amide bonds. The van der Waals surface area contributed by atoms with Crippen molar-refractivity contribution in [1.29, 1.82) is 0 Å². The van der Waals surface area contributed by atoms with E-state index in [-0.39, 0.29) is 17.7 Å². The Bertz CT molecular complexity index is 367. The van der Waals surface area contributed by atoms with E-state index in [1.54, 1.807) is 0 Å². The molecule has 3 nitrogen and oxygen atoms in total. The van der Waals surface area contributed by atoms with Gasteiger partial charge in [0.2, 0.25) is 0 Å². The maximum absolute atomic E-state index is 13.6.